The van der Waals surface area contributed by atoms with Crippen molar-refractivity contribution in [3.63, 3.8) is 0 Å². The minimum absolute atomic E-state index is 0.315. The number of hydrogen-bond donors (Lipinski definition) is 2. The Morgan fingerprint density at radius 2 is 2.21 bits per heavy atom. The molecule has 0 aliphatic carbocycles. The van der Waals surface area contributed by atoms with E-state index in [2.05, 4.69) is 16.6 Å². The Balaban J connectivity index is 2.91. The molecule has 0 saturated carbocycles. The van der Waals surface area contributed by atoms with Gasteiger partial charge in [0.2, 0.25) is 5.91 Å². The summed E-state index contributed by atoms with van der Waals surface area (Å²) in [7, 11) is 1.31. The molecule has 1 aromatic rings. The first-order chi connectivity index (χ1) is 8.99. The molecule has 1 unspecified atom stereocenters. The van der Waals surface area contributed by atoms with Crippen LogP contribution in [0.25, 0.3) is 0 Å². The van der Waals surface area contributed by atoms with Crippen LogP contribution < -0.4 is 11.1 Å². The Labute approximate surface area is 112 Å². The van der Waals surface area contributed by atoms with Crippen molar-refractivity contribution in [3.8, 4) is 0 Å². The van der Waals surface area contributed by atoms with E-state index in [0.29, 0.717) is 17.7 Å². The van der Waals surface area contributed by atoms with Gasteiger partial charge in [-0.25, -0.2) is 4.79 Å². The van der Waals surface area contributed by atoms with Gasteiger partial charge in [-0.2, -0.15) is 0 Å². The van der Waals surface area contributed by atoms with Gasteiger partial charge in [0.15, 0.2) is 0 Å². The fraction of sp³-hybridized carbons (Fsp3) is 0.286. The molecule has 0 spiro atoms. The summed E-state index contributed by atoms with van der Waals surface area (Å²) in [5, 5.41) is 2.69. The van der Waals surface area contributed by atoms with Gasteiger partial charge in [-0.1, -0.05) is 12.1 Å². The van der Waals surface area contributed by atoms with Crippen molar-refractivity contribution in [2.24, 2.45) is 5.73 Å². The number of carbonyl (C=O) groups excluding carboxylic acids is 2. The van der Waals surface area contributed by atoms with E-state index in [1.165, 1.54) is 7.11 Å². The summed E-state index contributed by atoms with van der Waals surface area (Å²) in [5.74, 6) is -0.768. The van der Waals surface area contributed by atoms with E-state index in [0.717, 1.165) is 5.56 Å². The quantitative estimate of drug-likeness (QED) is 0.624. The van der Waals surface area contributed by atoms with Crippen molar-refractivity contribution in [1.29, 1.82) is 0 Å². The molecule has 1 aromatic carbocycles. The lowest BCUT2D eigenvalue weighted by Crippen LogP contribution is -2.35. The topological polar surface area (TPSA) is 81.4 Å². The first-order valence-electron chi connectivity index (χ1n) is 5.86. The van der Waals surface area contributed by atoms with Gasteiger partial charge in [0.05, 0.1) is 18.7 Å². The number of anilines is 1. The second kappa shape index (κ2) is 6.70. The monoisotopic (exact) mass is 262 g/mol. The van der Waals surface area contributed by atoms with E-state index in [4.69, 9.17) is 5.73 Å². The molecule has 0 fully saturated rings. The van der Waals surface area contributed by atoms with E-state index in [-0.39, 0.29) is 5.91 Å². The average molecular weight is 262 g/mol. The molecule has 3 N–H and O–H groups in total. The van der Waals surface area contributed by atoms with Crippen LogP contribution in [0.1, 0.15) is 22.3 Å². The van der Waals surface area contributed by atoms with Crippen molar-refractivity contribution in [2.45, 2.75) is 19.4 Å². The molecule has 0 heterocycles. The zero-order valence-corrected chi connectivity index (χ0v) is 11.1. The maximum absolute atomic E-state index is 11.8. The number of nitrogens with two attached hydrogens (primary N) is 1. The van der Waals surface area contributed by atoms with Crippen LogP contribution in [0.15, 0.2) is 30.9 Å². The van der Waals surface area contributed by atoms with Crippen LogP contribution in [-0.4, -0.2) is 25.0 Å². The fourth-order valence-corrected chi connectivity index (χ4v) is 1.51. The lowest BCUT2D eigenvalue weighted by molar-refractivity contribution is -0.117. The van der Waals surface area contributed by atoms with Crippen LogP contribution in [0, 0.1) is 6.92 Å². The number of carbonyl (C=O) groups is 2. The first kappa shape index (κ1) is 14.9. The molecule has 19 heavy (non-hydrogen) atoms. The number of methoxy groups -OCH3 is 1. The lowest BCUT2D eigenvalue weighted by atomic mass is 10.1. The second-order valence-electron chi connectivity index (χ2n) is 4.14. The number of nitrogens with one attached hydrogen (secondary N) is 1. The summed E-state index contributed by atoms with van der Waals surface area (Å²) in [6.07, 6.45) is 1.98. The van der Waals surface area contributed by atoms with Gasteiger partial charge >= 0.3 is 5.97 Å². The molecule has 0 bridgehead atoms. The smallest absolute Gasteiger partial charge is 0.337 e. The number of rotatable bonds is 5. The Morgan fingerprint density at radius 1 is 1.53 bits per heavy atom. The third kappa shape index (κ3) is 3.93. The normalized spacial score (nSPS) is 11.5. The highest BCUT2D eigenvalue weighted by Gasteiger charge is 2.14. The third-order valence-electron chi connectivity index (χ3n) is 2.67. The molecular weight excluding hydrogens is 244 g/mol. The molecule has 5 nitrogen and oxygen atoms in total. The Bertz CT molecular complexity index is 497. The Hall–Kier alpha value is -2.14. The predicted octanol–water partition coefficient (Wildman–Crippen LogP) is 1.62. The summed E-state index contributed by atoms with van der Waals surface area (Å²) in [5.41, 5.74) is 7.44. The van der Waals surface area contributed by atoms with Crippen LogP contribution in [0.2, 0.25) is 0 Å². The molecule has 5 heteroatoms. The largest absolute Gasteiger partial charge is 0.465 e. The molecule has 0 saturated heterocycles. The van der Waals surface area contributed by atoms with Crippen molar-refractivity contribution >= 4 is 17.6 Å². The number of esters is 1. The number of amides is 1. The van der Waals surface area contributed by atoms with Gasteiger partial charge in [-0.05, 0) is 31.0 Å². The van der Waals surface area contributed by atoms with Crippen LogP contribution >= 0.6 is 0 Å². The van der Waals surface area contributed by atoms with E-state index >= 15 is 0 Å². The van der Waals surface area contributed by atoms with Gasteiger partial charge in [0.1, 0.15) is 0 Å². The fourth-order valence-electron chi connectivity index (χ4n) is 1.51. The first-order valence-corrected chi connectivity index (χ1v) is 5.86. The predicted molar refractivity (Wildman–Crippen MR) is 73.9 cm³/mol. The van der Waals surface area contributed by atoms with E-state index in [1.54, 1.807) is 24.3 Å². The molecule has 1 atom stereocenters. The maximum atomic E-state index is 11.8. The molecule has 0 aliphatic heterocycles. The van der Waals surface area contributed by atoms with Crippen LogP contribution in [-0.2, 0) is 9.53 Å². The van der Waals surface area contributed by atoms with Crippen LogP contribution in [0.4, 0.5) is 5.69 Å². The molecule has 102 valence electrons. The summed E-state index contributed by atoms with van der Waals surface area (Å²) < 4.78 is 4.63. The maximum Gasteiger partial charge on any atom is 0.337 e. The zero-order valence-electron chi connectivity index (χ0n) is 11.1. The van der Waals surface area contributed by atoms with E-state index < -0.39 is 12.0 Å². The van der Waals surface area contributed by atoms with Crippen molar-refractivity contribution in [2.75, 3.05) is 12.4 Å². The summed E-state index contributed by atoms with van der Waals surface area (Å²) >= 11 is 0. The molecule has 1 amide bonds. The zero-order chi connectivity index (χ0) is 14.4. The Morgan fingerprint density at radius 3 is 2.79 bits per heavy atom. The Kier molecular flexibility index (Phi) is 5.26. The number of ether oxygens (including phenoxy) is 1. The molecule has 0 radical (unpaired) electrons. The highest BCUT2D eigenvalue weighted by Crippen LogP contribution is 2.18. The minimum atomic E-state index is -0.654. The summed E-state index contributed by atoms with van der Waals surface area (Å²) in [6, 6.07) is 4.29. The van der Waals surface area contributed by atoms with Crippen molar-refractivity contribution in [1.82, 2.24) is 0 Å². The molecule has 0 aromatic heterocycles. The molecular formula is C14H18N2O3. The van der Waals surface area contributed by atoms with Gasteiger partial charge in [-0.3, -0.25) is 4.79 Å². The lowest BCUT2D eigenvalue weighted by Gasteiger charge is -2.13. The SMILES string of the molecule is C=CCC(N)C(=O)Nc1cc(C(=O)OC)ccc1C. The average Bonchev–Trinajstić information content (AvgIpc) is 2.40. The van der Waals surface area contributed by atoms with Crippen molar-refractivity contribution in [3.05, 3.63) is 42.0 Å². The van der Waals surface area contributed by atoms with Gasteiger partial charge in [-0.15, -0.1) is 6.58 Å². The van der Waals surface area contributed by atoms with Crippen LogP contribution in [0.3, 0.4) is 0 Å². The highest BCUT2D eigenvalue weighted by molar-refractivity contribution is 5.97. The third-order valence-corrected chi connectivity index (χ3v) is 2.67. The van der Waals surface area contributed by atoms with E-state index in [1.807, 2.05) is 6.92 Å². The van der Waals surface area contributed by atoms with Gasteiger partial charge in [0.25, 0.3) is 0 Å². The molecule has 0 aliphatic rings. The van der Waals surface area contributed by atoms with Crippen LogP contribution in [0.5, 0.6) is 0 Å². The summed E-state index contributed by atoms with van der Waals surface area (Å²) in [6.45, 7) is 5.36. The standard InChI is InChI=1S/C14H18N2O3/c1-4-5-11(15)13(17)16-12-8-10(14(18)19-3)7-6-9(12)2/h4,6-8,11H,1,5,15H2,2-3H3,(H,16,17). The summed E-state index contributed by atoms with van der Waals surface area (Å²) in [4.78, 5) is 23.2. The highest BCUT2D eigenvalue weighted by atomic mass is 16.5. The molecule has 1 rings (SSSR count). The van der Waals surface area contributed by atoms with Gasteiger partial charge in [0, 0.05) is 5.69 Å². The second-order valence-corrected chi connectivity index (χ2v) is 4.14. The number of aryl methyl sites for hydroxylation is 1. The van der Waals surface area contributed by atoms with Crippen molar-refractivity contribution < 1.29 is 14.3 Å². The van der Waals surface area contributed by atoms with E-state index in [9.17, 15) is 9.59 Å². The van der Waals surface area contributed by atoms with Gasteiger partial charge < -0.3 is 15.8 Å². The number of benzene rings is 1. The minimum Gasteiger partial charge on any atom is -0.465 e. The number of hydrogen-bond acceptors (Lipinski definition) is 4.